The predicted molar refractivity (Wildman–Crippen MR) is 113 cm³/mol. The van der Waals surface area contributed by atoms with Crippen molar-refractivity contribution in [1.82, 2.24) is 0 Å². The quantitative estimate of drug-likeness (QED) is 0.346. The Morgan fingerprint density at radius 3 is 2.21 bits per heavy atom. The van der Waals surface area contributed by atoms with Crippen LogP contribution in [0.15, 0.2) is 89.5 Å². The molecule has 0 unspecified atom stereocenters. The molecule has 0 fully saturated rings. The summed E-state index contributed by atoms with van der Waals surface area (Å²) in [5.41, 5.74) is 2.97. The molecule has 0 radical (unpaired) electrons. The summed E-state index contributed by atoms with van der Waals surface area (Å²) >= 11 is 5.95. The summed E-state index contributed by atoms with van der Waals surface area (Å²) in [6.45, 7) is 0. The minimum atomic E-state index is -0.486. The normalized spacial score (nSPS) is 14.9. The van der Waals surface area contributed by atoms with Crippen LogP contribution in [0.4, 0.5) is 11.4 Å². The van der Waals surface area contributed by atoms with E-state index in [2.05, 4.69) is 5.10 Å². The second-order valence-corrected chi connectivity index (χ2v) is 6.75. The number of hydrogen-bond donors (Lipinski definition) is 0. The zero-order valence-electron chi connectivity index (χ0n) is 15.0. The smallest absolute Gasteiger partial charge is 0.267 e. The van der Waals surface area contributed by atoms with Crippen molar-refractivity contribution < 1.29 is 9.72 Å². The number of halogens is 1. The number of hydrazone groups is 1. The van der Waals surface area contributed by atoms with Gasteiger partial charge in [-0.2, -0.15) is 10.1 Å². The highest BCUT2D eigenvalue weighted by Crippen LogP contribution is 2.29. The second kappa shape index (κ2) is 7.69. The van der Waals surface area contributed by atoms with Gasteiger partial charge < -0.3 is 0 Å². The Hall–Kier alpha value is -3.77. The van der Waals surface area contributed by atoms with Crippen LogP contribution in [0.5, 0.6) is 0 Å². The van der Waals surface area contributed by atoms with Gasteiger partial charge in [0.25, 0.3) is 11.6 Å². The molecular formula is C22H14ClN3O3. The zero-order valence-corrected chi connectivity index (χ0v) is 15.8. The lowest BCUT2D eigenvalue weighted by atomic mass is 10.0. The fourth-order valence-electron chi connectivity index (χ4n) is 2.97. The van der Waals surface area contributed by atoms with Crippen molar-refractivity contribution in [2.75, 3.05) is 5.01 Å². The molecule has 142 valence electrons. The molecular weight excluding hydrogens is 390 g/mol. The maximum Gasteiger partial charge on any atom is 0.281 e. The first-order valence-electron chi connectivity index (χ1n) is 8.73. The van der Waals surface area contributed by atoms with E-state index < -0.39 is 4.92 Å². The monoisotopic (exact) mass is 403 g/mol. The van der Waals surface area contributed by atoms with Crippen LogP contribution >= 0.6 is 11.6 Å². The van der Waals surface area contributed by atoms with Gasteiger partial charge in [-0.05, 0) is 35.9 Å². The van der Waals surface area contributed by atoms with E-state index in [1.54, 1.807) is 18.2 Å². The highest BCUT2D eigenvalue weighted by Gasteiger charge is 2.32. The molecule has 1 heterocycles. The summed E-state index contributed by atoms with van der Waals surface area (Å²) in [6, 6.07) is 22.2. The van der Waals surface area contributed by atoms with Crippen molar-refractivity contribution in [2.45, 2.75) is 0 Å². The van der Waals surface area contributed by atoms with Crippen molar-refractivity contribution in [3.8, 4) is 0 Å². The molecule has 0 aromatic heterocycles. The number of carbonyl (C=O) groups excluding carboxylic acids is 1. The lowest BCUT2D eigenvalue weighted by Crippen LogP contribution is -2.21. The molecule has 6 nitrogen and oxygen atoms in total. The van der Waals surface area contributed by atoms with E-state index in [1.807, 2.05) is 42.5 Å². The van der Waals surface area contributed by atoms with Gasteiger partial charge >= 0.3 is 0 Å². The minimum absolute atomic E-state index is 0.0513. The second-order valence-electron chi connectivity index (χ2n) is 6.31. The van der Waals surface area contributed by atoms with Crippen molar-refractivity contribution in [1.29, 1.82) is 0 Å². The molecule has 4 rings (SSSR count). The molecule has 1 aliphatic heterocycles. The molecule has 29 heavy (non-hydrogen) atoms. The van der Waals surface area contributed by atoms with Crippen molar-refractivity contribution in [3.63, 3.8) is 0 Å². The van der Waals surface area contributed by atoms with Gasteiger partial charge in [-0.3, -0.25) is 14.9 Å². The lowest BCUT2D eigenvalue weighted by molar-refractivity contribution is -0.384. The summed E-state index contributed by atoms with van der Waals surface area (Å²) in [5.74, 6) is -0.312. The van der Waals surface area contributed by atoms with Crippen molar-refractivity contribution >= 4 is 40.7 Å². The topological polar surface area (TPSA) is 75.8 Å². The molecule has 3 aromatic carbocycles. The number of benzene rings is 3. The van der Waals surface area contributed by atoms with E-state index in [9.17, 15) is 14.9 Å². The van der Waals surface area contributed by atoms with Crippen LogP contribution in [0.3, 0.4) is 0 Å². The number of nitro groups is 1. The average molecular weight is 404 g/mol. The van der Waals surface area contributed by atoms with Gasteiger partial charge in [0, 0.05) is 22.7 Å². The van der Waals surface area contributed by atoms with Crippen molar-refractivity contribution in [3.05, 3.63) is 111 Å². The number of nitrogens with zero attached hydrogens (tertiary/aromatic N) is 3. The summed E-state index contributed by atoms with van der Waals surface area (Å²) in [7, 11) is 0. The van der Waals surface area contributed by atoms with Gasteiger partial charge in [0.15, 0.2) is 0 Å². The minimum Gasteiger partial charge on any atom is -0.267 e. The maximum absolute atomic E-state index is 13.2. The Morgan fingerprint density at radius 1 is 0.931 bits per heavy atom. The summed E-state index contributed by atoms with van der Waals surface area (Å²) in [5, 5.41) is 17.3. The zero-order chi connectivity index (χ0) is 20.4. The molecule has 0 bridgehead atoms. The van der Waals surface area contributed by atoms with E-state index in [-0.39, 0.29) is 11.6 Å². The molecule has 3 aromatic rings. The lowest BCUT2D eigenvalue weighted by Gasteiger charge is -2.11. The van der Waals surface area contributed by atoms with E-state index >= 15 is 0 Å². The fourth-order valence-corrected chi connectivity index (χ4v) is 3.10. The maximum atomic E-state index is 13.2. The Balaban J connectivity index is 1.78. The molecule has 0 atom stereocenters. The van der Waals surface area contributed by atoms with E-state index in [1.165, 1.54) is 29.3 Å². The highest BCUT2D eigenvalue weighted by atomic mass is 35.5. The summed E-state index contributed by atoms with van der Waals surface area (Å²) in [4.78, 5) is 23.6. The van der Waals surface area contributed by atoms with Crippen LogP contribution in [0.2, 0.25) is 5.02 Å². The summed E-state index contributed by atoms with van der Waals surface area (Å²) in [6.07, 6.45) is 1.76. The third kappa shape index (κ3) is 3.79. The SMILES string of the molecule is O=C1C(=Cc2ccc(Cl)cc2)C(c2ccccc2)=NN1c1ccc([N+](=O)[O-])cc1. The van der Waals surface area contributed by atoms with Gasteiger partial charge in [-0.15, -0.1) is 0 Å². The Labute approximate surface area is 171 Å². The highest BCUT2D eigenvalue weighted by molar-refractivity contribution is 6.37. The van der Waals surface area contributed by atoms with E-state index in [0.29, 0.717) is 22.0 Å². The number of non-ortho nitro benzene ring substituents is 1. The van der Waals surface area contributed by atoms with Crippen LogP contribution in [0.1, 0.15) is 11.1 Å². The number of carbonyl (C=O) groups is 1. The van der Waals surface area contributed by atoms with Crippen LogP contribution in [0, 0.1) is 10.1 Å². The first-order valence-corrected chi connectivity index (χ1v) is 9.11. The van der Waals surface area contributed by atoms with Crippen LogP contribution in [-0.4, -0.2) is 16.5 Å². The Morgan fingerprint density at radius 2 is 1.59 bits per heavy atom. The molecule has 0 spiro atoms. The number of hydrogen-bond acceptors (Lipinski definition) is 4. The molecule has 1 aliphatic rings. The first-order chi connectivity index (χ1) is 14.0. The third-order valence-electron chi connectivity index (χ3n) is 4.41. The van der Waals surface area contributed by atoms with Crippen molar-refractivity contribution in [2.24, 2.45) is 5.10 Å². The fraction of sp³-hybridized carbons (Fsp3) is 0. The van der Waals surface area contributed by atoms with E-state index in [0.717, 1.165) is 11.1 Å². The van der Waals surface area contributed by atoms with Gasteiger partial charge in [-0.25, -0.2) is 0 Å². The van der Waals surface area contributed by atoms with Gasteiger partial charge in [0.2, 0.25) is 0 Å². The van der Waals surface area contributed by atoms with E-state index in [4.69, 9.17) is 11.6 Å². The molecule has 0 aliphatic carbocycles. The van der Waals surface area contributed by atoms with Crippen LogP contribution in [0.25, 0.3) is 6.08 Å². The van der Waals surface area contributed by atoms with Gasteiger partial charge in [-0.1, -0.05) is 54.1 Å². The molecule has 0 N–H and O–H groups in total. The standard InChI is InChI=1S/C22H14ClN3O3/c23-17-8-6-15(7-9-17)14-20-21(16-4-2-1-3-5-16)24-25(22(20)27)18-10-12-19(13-11-18)26(28)29/h1-14H. The third-order valence-corrected chi connectivity index (χ3v) is 4.66. The molecule has 7 heteroatoms. The average Bonchev–Trinajstić information content (AvgIpc) is 3.06. The van der Waals surface area contributed by atoms with Crippen LogP contribution in [-0.2, 0) is 4.79 Å². The largest absolute Gasteiger partial charge is 0.281 e. The number of nitro benzene ring substituents is 1. The summed E-state index contributed by atoms with van der Waals surface area (Å²) < 4.78 is 0. The molecule has 1 amide bonds. The molecule has 0 saturated carbocycles. The number of anilines is 1. The molecule has 0 saturated heterocycles. The van der Waals surface area contributed by atoms with Gasteiger partial charge in [0.05, 0.1) is 16.2 Å². The number of rotatable bonds is 4. The number of amides is 1. The Kier molecular flexibility index (Phi) is 4.93. The predicted octanol–water partition coefficient (Wildman–Crippen LogP) is 5.08. The van der Waals surface area contributed by atoms with Crippen LogP contribution < -0.4 is 5.01 Å². The van der Waals surface area contributed by atoms with Gasteiger partial charge in [0.1, 0.15) is 5.71 Å². The Bertz CT molecular complexity index is 1140. The first kappa shape index (κ1) is 18.6.